The summed E-state index contributed by atoms with van der Waals surface area (Å²) in [7, 11) is 0. The summed E-state index contributed by atoms with van der Waals surface area (Å²) in [6, 6.07) is 65.9. The summed E-state index contributed by atoms with van der Waals surface area (Å²) in [6.07, 6.45) is 0. The molecule has 0 fully saturated rings. The van der Waals surface area contributed by atoms with Gasteiger partial charge in [-0.25, -0.2) is 0 Å². The fraction of sp³-hybridized carbons (Fsp3) is 0. The number of hydrogen-bond acceptors (Lipinski definition) is 4. The van der Waals surface area contributed by atoms with E-state index in [-0.39, 0.29) is 0 Å². The van der Waals surface area contributed by atoms with Crippen molar-refractivity contribution < 1.29 is 0 Å². The molecule has 2 aromatic heterocycles. The van der Waals surface area contributed by atoms with E-state index in [1.165, 1.54) is 0 Å². The maximum absolute atomic E-state index is 9.78. The monoisotopic (exact) mass is 736 g/mol. The van der Waals surface area contributed by atoms with E-state index in [4.69, 9.17) is 0 Å². The predicted molar refractivity (Wildman–Crippen MR) is 230 cm³/mol. The quantitative estimate of drug-likeness (QED) is 0.175. The van der Waals surface area contributed by atoms with E-state index in [9.17, 15) is 21.0 Å². The second-order valence-corrected chi connectivity index (χ2v) is 14.2. The fourth-order valence-corrected chi connectivity index (χ4v) is 8.48. The SMILES string of the molecule is N#Cc1cc(C#N)cc(-c2ccc3c(c2)c2cc(-c4cc(C#N)cc(C#N)c4)ccc2n3-c2ccccc2-c2cccc3c2c2ccccc2n3-c2ccccc2)c1. The van der Waals surface area contributed by atoms with Crippen LogP contribution >= 0.6 is 0 Å². The normalized spacial score (nSPS) is 11.0. The Labute approximate surface area is 333 Å². The third kappa shape index (κ3) is 5.38. The summed E-state index contributed by atoms with van der Waals surface area (Å²) >= 11 is 0. The standard InChI is InChI=1S/C52H28N6/c53-29-33-21-34(30-54)24-39(23-33)37-17-19-49-45(27-37)46-28-38(40-25-35(31-55)22-36(26-40)32-56)18-20-50(46)58(49)47-14-6-4-11-42(47)43-13-8-16-51-52(43)44-12-5-7-15-48(44)57(51)41-9-2-1-3-10-41/h1-28H. The first-order valence-electron chi connectivity index (χ1n) is 18.7. The van der Waals surface area contributed by atoms with E-state index in [1.807, 2.05) is 42.5 Å². The highest BCUT2D eigenvalue weighted by molar-refractivity contribution is 6.17. The van der Waals surface area contributed by atoms with Crippen LogP contribution in [0, 0.1) is 45.3 Å². The molecule has 0 aliphatic carbocycles. The maximum atomic E-state index is 9.78. The first kappa shape index (κ1) is 33.9. The van der Waals surface area contributed by atoms with Crippen molar-refractivity contribution >= 4 is 43.6 Å². The minimum atomic E-state index is 0.418. The molecule has 6 nitrogen and oxygen atoms in total. The molecule has 0 N–H and O–H groups in total. The largest absolute Gasteiger partial charge is 0.309 e. The Hall–Kier alpha value is -8.68. The molecule has 0 bridgehead atoms. The van der Waals surface area contributed by atoms with Crippen molar-refractivity contribution in [2.75, 3.05) is 0 Å². The van der Waals surface area contributed by atoms with E-state index < -0.39 is 0 Å². The molecule has 0 saturated carbocycles. The molecule has 58 heavy (non-hydrogen) atoms. The molecule has 6 heteroatoms. The lowest BCUT2D eigenvalue weighted by Gasteiger charge is -2.16. The van der Waals surface area contributed by atoms with Gasteiger partial charge in [-0.1, -0.05) is 78.9 Å². The zero-order valence-corrected chi connectivity index (χ0v) is 30.8. The van der Waals surface area contributed by atoms with Gasteiger partial charge in [0.2, 0.25) is 0 Å². The molecule has 0 aliphatic heterocycles. The zero-order chi connectivity index (χ0) is 39.3. The van der Waals surface area contributed by atoms with Crippen LogP contribution in [0.4, 0.5) is 0 Å². The molecule has 10 rings (SSSR count). The van der Waals surface area contributed by atoms with Gasteiger partial charge in [0.15, 0.2) is 0 Å². The Morgan fingerprint density at radius 1 is 0.328 bits per heavy atom. The molecule has 0 unspecified atom stereocenters. The van der Waals surface area contributed by atoms with Gasteiger partial charge in [0, 0.05) is 32.8 Å². The number of hydrogen-bond donors (Lipinski definition) is 0. The Bertz CT molecular complexity index is 3310. The molecule has 10 aromatic rings. The van der Waals surface area contributed by atoms with Crippen molar-refractivity contribution in [1.82, 2.24) is 9.13 Å². The van der Waals surface area contributed by atoms with E-state index in [0.29, 0.717) is 22.3 Å². The Balaban J connectivity index is 1.26. The number of nitriles is 4. The lowest BCUT2D eigenvalue weighted by molar-refractivity contribution is 1.18. The van der Waals surface area contributed by atoms with Crippen molar-refractivity contribution in [3.63, 3.8) is 0 Å². The Morgan fingerprint density at radius 3 is 1.40 bits per heavy atom. The number of nitrogens with zero attached hydrogens (tertiary/aromatic N) is 6. The number of fused-ring (bicyclic) bond motifs is 6. The molecule has 0 aliphatic rings. The van der Waals surface area contributed by atoms with Crippen molar-refractivity contribution in [2.24, 2.45) is 0 Å². The van der Waals surface area contributed by atoms with Crippen LogP contribution in [0.5, 0.6) is 0 Å². The third-order valence-corrected chi connectivity index (χ3v) is 11.0. The summed E-state index contributed by atoms with van der Waals surface area (Å²) < 4.78 is 4.64. The van der Waals surface area contributed by atoms with E-state index in [1.54, 1.807) is 12.1 Å². The summed E-state index contributed by atoms with van der Waals surface area (Å²) in [5, 5.41) is 43.4. The van der Waals surface area contributed by atoms with Crippen molar-refractivity contribution in [3.8, 4) is 69.0 Å². The molecular weight excluding hydrogens is 709 g/mol. The smallest absolute Gasteiger partial charge is 0.0992 e. The van der Waals surface area contributed by atoms with Crippen molar-refractivity contribution in [1.29, 1.82) is 21.0 Å². The lowest BCUT2D eigenvalue weighted by Crippen LogP contribution is -1.98. The number of rotatable bonds is 5. The number of benzene rings is 8. The summed E-state index contributed by atoms with van der Waals surface area (Å²) in [6.45, 7) is 0. The maximum Gasteiger partial charge on any atom is 0.0992 e. The molecule has 0 atom stereocenters. The second kappa shape index (κ2) is 13.6. The van der Waals surface area contributed by atoms with Crippen molar-refractivity contribution in [3.05, 3.63) is 192 Å². The van der Waals surface area contributed by atoms with Crippen LogP contribution in [0.1, 0.15) is 22.3 Å². The molecule has 0 saturated heterocycles. The Morgan fingerprint density at radius 2 is 0.810 bits per heavy atom. The summed E-state index contributed by atoms with van der Waals surface area (Å²) in [5.41, 5.74) is 13.4. The second-order valence-electron chi connectivity index (χ2n) is 14.2. The van der Waals surface area contributed by atoms with Crippen LogP contribution in [0.2, 0.25) is 0 Å². The average Bonchev–Trinajstić information content (AvgIpc) is 3.81. The van der Waals surface area contributed by atoms with Gasteiger partial charge in [-0.2, -0.15) is 21.0 Å². The molecule has 8 aromatic carbocycles. The first-order chi connectivity index (χ1) is 28.6. The van der Waals surface area contributed by atoms with Gasteiger partial charge in [-0.3, -0.25) is 0 Å². The molecule has 266 valence electrons. The van der Waals surface area contributed by atoms with E-state index in [0.717, 1.165) is 88.4 Å². The molecule has 0 amide bonds. The first-order valence-corrected chi connectivity index (χ1v) is 18.7. The zero-order valence-electron chi connectivity index (χ0n) is 30.8. The van der Waals surface area contributed by atoms with Gasteiger partial charge in [-0.15, -0.1) is 0 Å². The van der Waals surface area contributed by atoms with Crippen LogP contribution < -0.4 is 0 Å². The highest BCUT2D eigenvalue weighted by atomic mass is 15.0. The van der Waals surface area contributed by atoms with Gasteiger partial charge in [0.05, 0.1) is 74.3 Å². The number of para-hydroxylation sites is 3. The van der Waals surface area contributed by atoms with Gasteiger partial charge in [0.1, 0.15) is 0 Å². The van der Waals surface area contributed by atoms with Gasteiger partial charge in [0.25, 0.3) is 0 Å². The van der Waals surface area contributed by atoms with Gasteiger partial charge < -0.3 is 9.13 Å². The number of aromatic nitrogens is 2. The Kier molecular flexibility index (Phi) is 7.92. The van der Waals surface area contributed by atoms with Crippen LogP contribution in [0.25, 0.3) is 88.4 Å². The summed E-state index contributed by atoms with van der Waals surface area (Å²) in [5.74, 6) is 0. The highest BCUT2D eigenvalue weighted by Gasteiger charge is 2.21. The highest BCUT2D eigenvalue weighted by Crippen LogP contribution is 2.43. The molecule has 0 radical (unpaired) electrons. The van der Waals surface area contributed by atoms with Crippen molar-refractivity contribution in [2.45, 2.75) is 0 Å². The van der Waals surface area contributed by atoms with Gasteiger partial charge in [-0.05, 0) is 119 Å². The van der Waals surface area contributed by atoms with Crippen LogP contribution in [-0.2, 0) is 0 Å². The molecule has 2 heterocycles. The topological polar surface area (TPSA) is 105 Å². The predicted octanol–water partition coefficient (Wildman–Crippen LogP) is 12.4. The van der Waals surface area contributed by atoms with Gasteiger partial charge >= 0.3 is 0 Å². The van der Waals surface area contributed by atoms with E-state index >= 15 is 0 Å². The average molecular weight is 737 g/mol. The minimum absolute atomic E-state index is 0.418. The molecular formula is C52H28N6. The van der Waals surface area contributed by atoms with Crippen LogP contribution in [-0.4, -0.2) is 9.13 Å². The van der Waals surface area contributed by atoms with E-state index in [2.05, 4.69) is 149 Å². The molecule has 0 spiro atoms. The third-order valence-electron chi connectivity index (χ3n) is 11.0. The summed E-state index contributed by atoms with van der Waals surface area (Å²) in [4.78, 5) is 0. The lowest BCUT2D eigenvalue weighted by atomic mass is 9.97. The fourth-order valence-electron chi connectivity index (χ4n) is 8.48. The van der Waals surface area contributed by atoms with Crippen LogP contribution in [0.3, 0.4) is 0 Å². The van der Waals surface area contributed by atoms with Crippen LogP contribution in [0.15, 0.2) is 170 Å². The minimum Gasteiger partial charge on any atom is -0.309 e.